The smallest absolute Gasteiger partial charge is 0.177 e. The highest BCUT2D eigenvalue weighted by Gasteiger charge is 2.09. The van der Waals surface area contributed by atoms with Crippen LogP contribution >= 0.6 is 0 Å². The summed E-state index contributed by atoms with van der Waals surface area (Å²) >= 11 is 0. The maximum Gasteiger partial charge on any atom is 0.177 e. The van der Waals surface area contributed by atoms with Gasteiger partial charge in [-0.3, -0.25) is 0 Å². The molecule has 0 saturated carbocycles. The largest absolute Gasteiger partial charge is 0.329 e. The van der Waals surface area contributed by atoms with Gasteiger partial charge in [0, 0.05) is 5.56 Å². The van der Waals surface area contributed by atoms with Gasteiger partial charge >= 0.3 is 0 Å². The Bertz CT molecular complexity index is 523. The molecule has 0 aliphatic heterocycles. The fourth-order valence-corrected chi connectivity index (χ4v) is 1.27. The minimum Gasteiger partial charge on any atom is -0.329 e. The van der Waals surface area contributed by atoms with Crippen LogP contribution in [0.15, 0.2) is 30.3 Å². The van der Waals surface area contributed by atoms with Crippen molar-refractivity contribution in [3.63, 3.8) is 0 Å². The Hall–Kier alpha value is -2.59. The van der Waals surface area contributed by atoms with Crippen LogP contribution in [0.5, 0.6) is 0 Å². The number of H-pyrrole nitrogens is 1. The van der Waals surface area contributed by atoms with Crippen molar-refractivity contribution in [2.45, 2.75) is 0 Å². The van der Waals surface area contributed by atoms with E-state index in [-0.39, 0.29) is 11.4 Å². The number of imidazole rings is 1. The van der Waals surface area contributed by atoms with Crippen LogP contribution in [0.3, 0.4) is 0 Å². The van der Waals surface area contributed by atoms with E-state index >= 15 is 0 Å². The molecule has 4 heteroatoms. The number of aromatic nitrogens is 2. The molecule has 70 valence electrons. The van der Waals surface area contributed by atoms with Gasteiger partial charge in [0.15, 0.2) is 11.4 Å². The Morgan fingerprint density at radius 2 is 1.80 bits per heavy atom. The third-order valence-corrected chi connectivity index (χ3v) is 1.97. The van der Waals surface area contributed by atoms with Crippen molar-refractivity contribution >= 4 is 0 Å². The van der Waals surface area contributed by atoms with Gasteiger partial charge in [-0.1, -0.05) is 30.3 Å². The summed E-state index contributed by atoms with van der Waals surface area (Å²) in [5.74, 6) is 0.545. The highest BCUT2D eigenvalue weighted by molar-refractivity contribution is 5.58. The molecule has 0 spiro atoms. The molecule has 2 rings (SSSR count). The van der Waals surface area contributed by atoms with E-state index in [0.717, 1.165) is 5.56 Å². The van der Waals surface area contributed by atoms with Crippen molar-refractivity contribution in [3.05, 3.63) is 41.7 Å². The molecular formula is C11H6N4. The molecule has 1 aromatic carbocycles. The molecule has 0 bridgehead atoms. The number of nitrogens with zero attached hydrogens (tertiary/aromatic N) is 3. The Labute approximate surface area is 86.4 Å². The van der Waals surface area contributed by atoms with Crippen LogP contribution in [0.1, 0.15) is 11.4 Å². The normalized spacial score (nSPS) is 9.20. The summed E-state index contributed by atoms with van der Waals surface area (Å²) in [4.78, 5) is 6.83. The van der Waals surface area contributed by atoms with Gasteiger partial charge < -0.3 is 4.98 Å². The third-order valence-electron chi connectivity index (χ3n) is 1.97. The summed E-state index contributed by atoms with van der Waals surface area (Å²) in [7, 11) is 0. The second-order valence-corrected chi connectivity index (χ2v) is 2.90. The van der Waals surface area contributed by atoms with E-state index in [9.17, 15) is 0 Å². The van der Waals surface area contributed by atoms with Crippen LogP contribution in [0.4, 0.5) is 0 Å². The maximum absolute atomic E-state index is 8.74. The SMILES string of the molecule is N#Cc1nc(-c2ccccc2)[nH]c1C#N. The minimum absolute atomic E-state index is 0.136. The molecule has 1 aromatic heterocycles. The standard InChI is InChI=1S/C11H6N4/c12-6-9-10(7-13)15-11(14-9)8-4-2-1-3-5-8/h1-5H,(H,14,15). The monoisotopic (exact) mass is 194 g/mol. The first kappa shape index (κ1) is 8.98. The molecule has 0 saturated heterocycles. The summed E-state index contributed by atoms with van der Waals surface area (Å²) in [6.45, 7) is 0. The van der Waals surface area contributed by atoms with E-state index in [0.29, 0.717) is 5.82 Å². The third kappa shape index (κ3) is 1.56. The van der Waals surface area contributed by atoms with E-state index in [4.69, 9.17) is 10.5 Å². The number of nitriles is 2. The fraction of sp³-hybridized carbons (Fsp3) is 0. The van der Waals surface area contributed by atoms with Gasteiger partial charge in [-0.15, -0.1) is 0 Å². The fourth-order valence-electron chi connectivity index (χ4n) is 1.27. The predicted octanol–water partition coefficient (Wildman–Crippen LogP) is 1.82. The number of rotatable bonds is 1. The lowest BCUT2D eigenvalue weighted by atomic mass is 10.2. The first-order chi connectivity index (χ1) is 7.35. The average Bonchev–Trinajstić information content (AvgIpc) is 2.73. The Balaban J connectivity index is 2.54. The molecule has 4 nitrogen and oxygen atoms in total. The van der Waals surface area contributed by atoms with Gasteiger partial charge in [-0.2, -0.15) is 10.5 Å². The molecule has 0 aliphatic rings. The first-order valence-corrected chi connectivity index (χ1v) is 4.31. The van der Waals surface area contributed by atoms with Crippen LogP contribution in [-0.2, 0) is 0 Å². The molecule has 0 radical (unpaired) electrons. The van der Waals surface area contributed by atoms with Gasteiger partial charge in [-0.25, -0.2) is 4.98 Å². The van der Waals surface area contributed by atoms with E-state index < -0.39 is 0 Å². The zero-order valence-corrected chi connectivity index (χ0v) is 7.73. The molecule has 0 aliphatic carbocycles. The molecule has 1 heterocycles. The highest BCUT2D eigenvalue weighted by atomic mass is 14.9. The van der Waals surface area contributed by atoms with Crippen LogP contribution in [0.2, 0.25) is 0 Å². The van der Waals surface area contributed by atoms with Crippen molar-refractivity contribution in [1.29, 1.82) is 10.5 Å². The van der Waals surface area contributed by atoms with Crippen molar-refractivity contribution in [3.8, 4) is 23.5 Å². The van der Waals surface area contributed by atoms with Crippen molar-refractivity contribution in [2.24, 2.45) is 0 Å². The van der Waals surface area contributed by atoms with E-state index in [1.807, 2.05) is 42.5 Å². The minimum atomic E-state index is 0.136. The summed E-state index contributed by atoms with van der Waals surface area (Å²) in [6, 6.07) is 13.1. The average molecular weight is 194 g/mol. The van der Waals surface area contributed by atoms with E-state index in [1.165, 1.54) is 0 Å². The lowest BCUT2D eigenvalue weighted by Gasteiger charge is -1.93. The predicted molar refractivity (Wildman–Crippen MR) is 53.5 cm³/mol. The molecule has 15 heavy (non-hydrogen) atoms. The Kier molecular flexibility index (Phi) is 2.19. The second kappa shape index (κ2) is 3.65. The lowest BCUT2D eigenvalue weighted by Crippen LogP contribution is -1.79. The molecule has 1 N–H and O–H groups in total. The molecule has 0 unspecified atom stereocenters. The van der Waals surface area contributed by atoms with Gasteiger partial charge in [0.25, 0.3) is 0 Å². The molecular weight excluding hydrogens is 188 g/mol. The summed E-state index contributed by atoms with van der Waals surface area (Å²) in [6.07, 6.45) is 0. The lowest BCUT2D eigenvalue weighted by molar-refractivity contribution is 1.29. The first-order valence-electron chi connectivity index (χ1n) is 4.31. The van der Waals surface area contributed by atoms with Gasteiger partial charge in [0.2, 0.25) is 0 Å². The van der Waals surface area contributed by atoms with Crippen LogP contribution in [-0.4, -0.2) is 9.97 Å². The van der Waals surface area contributed by atoms with E-state index in [2.05, 4.69) is 9.97 Å². The summed E-state index contributed by atoms with van der Waals surface area (Å²) < 4.78 is 0. The van der Waals surface area contributed by atoms with Crippen molar-refractivity contribution in [2.75, 3.05) is 0 Å². The Morgan fingerprint density at radius 1 is 1.07 bits per heavy atom. The van der Waals surface area contributed by atoms with Crippen LogP contribution < -0.4 is 0 Å². The van der Waals surface area contributed by atoms with Gasteiger partial charge in [-0.05, 0) is 0 Å². The zero-order chi connectivity index (χ0) is 10.7. The molecule has 0 fully saturated rings. The quantitative estimate of drug-likeness (QED) is 0.752. The topological polar surface area (TPSA) is 76.3 Å². The number of benzene rings is 1. The number of hydrogen-bond acceptors (Lipinski definition) is 3. The van der Waals surface area contributed by atoms with Crippen LogP contribution in [0.25, 0.3) is 11.4 Å². The molecule has 0 atom stereocenters. The summed E-state index contributed by atoms with van der Waals surface area (Å²) in [5.41, 5.74) is 1.20. The van der Waals surface area contributed by atoms with Gasteiger partial charge in [0.05, 0.1) is 0 Å². The van der Waals surface area contributed by atoms with E-state index in [1.54, 1.807) is 0 Å². The molecule has 0 amide bonds. The van der Waals surface area contributed by atoms with Gasteiger partial charge in [0.1, 0.15) is 18.0 Å². The van der Waals surface area contributed by atoms with Crippen LogP contribution in [0, 0.1) is 22.7 Å². The number of hydrogen-bond donors (Lipinski definition) is 1. The second-order valence-electron chi connectivity index (χ2n) is 2.90. The number of nitrogens with one attached hydrogen (secondary N) is 1. The Morgan fingerprint density at radius 3 is 2.33 bits per heavy atom. The highest BCUT2D eigenvalue weighted by Crippen LogP contribution is 2.16. The number of aromatic amines is 1. The zero-order valence-electron chi connectivity index (χ0n) is 7.73. The molecule has 2 aromatic rings. The van der Waals surface area contributed by atoms with Crippen molar-refractivity contribution in [1.82, 2.24) is 9.97 Å². The summed E-state index contributed by atoms with van der Waals surface area (Å²) in [5, 5.41) is 17.5. The van der Waals surface area contributed by atoms with Crippen molar-refractivity contribution < 1.29 is 0 Å². The maximum atomic E-state index is 8.74.